The molecule has 2 amide bonds. The van der Waals surface area contributed by atoms with E-state index in [4.69, 9.17) is 0 Å². The average Bonchev–Trinajstić information content (AvgIpc) is 3.02. The van der Waals surface area contributed by atoms with Crippen LogP contribution in [0.5, 0.6) is 0 Å². The van der Waals surface area contributed by atoms with Crippen molar-refractivity contribution in [1.29, 1.82) is 0 Å². The maximum atomic E-state index is 13.8. The van der Waals surface area contributed by atoms with Crippen molar-refractivity contribution in [2.24, 2.45) is 0 Å². The van der Waals surface area contributed by atoms with Gasteiger partial charge in [0.1, 0.15) is 17.5 Å². The minimum absolute atomic E-state index is 0.0255. The lowest BCUT2D eigenvalue weighted by Gasteiger charge is -2.24. The predicted molar refractivity (Wildman–Crippen MR) is 106 cm³/mol. The summed E-state index contributed by atoms with van der Waals surface area (Å²) in [5, 5.41) is 2.57. The van der Waals surface area contributed by atoms with Crippen LogP contribution < -0.4 is 5.32 Å². The zero-order chi connectivity index (χ0) is 22.0. The van der Waals surface area contributed by atoms with Crippen molar-refractivity contribution in [3.05, 3.63) is 101 Å². The molecular formula is C23H18F3N3O2. The predicted octanol–water partition coefficient (Wildman–Crippen LogP) is 3.90. The van der Waals surface area contributed by atoms with Crippen molar-refractivity contribution < 1.29 is 22.8 Å². The summed E-state index contributed by atoms with van der Waals surface area (Å²) >= 11 is 0. The Hall–Kier alpha value is -3.68. The minimum Gasteiger partial charge on any atom is -0.352 e. The molecule has 4 rings (SSSR count). The fraction of sp³-hybridized carbons (Fsp3) is 0.174. The number of pyridine rings is 1. The Morgan fingerprint density at radius 3 is 2.55 bits per heavy atom. The third-order valence-electron chi connectivity index (χ3n) is 5.15. The molecule has 1 aliphatic heterocycles. The Kier molecular flexibility index (Phi) is 5.70. The number of carbonyl (C=O) groups is 2. The molecule has 8 heteroatoms. The van der Waals surface area contributed by atoms with E-state index in [0.717, 1.165) is 18.2 Å². The third kappa shape index (κ3) is 4.42. The van der Waals surface area contributed by atoms with E-state index in [1.54, 1.807) is 30.5 Å². The number of fused-ring (bicyclic) bond motifs is 1. The lowest BCUT2D eigenvalue weighted by molar-refractivity contribution is -0.122. The maximum absolute atomic E-state index is 13.8. The van der Waals surface area contributed by atoms with Crippen LogP contribution in [0.3, 0.4) is 0 Å². The number of nitrogens with one attached hydrogen (secondary N) is 1. The van der Waals surface area contributed by atoms with E-state index < -0.39 is 23.6 Å². The second kappa shape index (κ2) is 8.59. The molecule has 1 aliphatic rings. The molecule has 158 valence electrons. The molecule has 0 radical (unpaired) electrons. The summed E-state index contributed by atoms with van der Waals surface area (Å²) in [5.74, 6) is -2.33. The van der Waals surface area contributed by atoms with Crippen molar-refractivity contribution in [2.75, 3.05) is 0 Å². The fourth-order valence-corrected chi connectivity index (χ4v) is 3.60. The van der Waals surface area contributed by atoms with Gasteiger partial charge in [0, 0.05) is 24.8 Å². The van der Waals surface area contributed by atoms with E-state index in [1.807, 2.05) is 0 Å². The van der Waals surface area contributed by atoms with Crippen molar-refractivity contribution in [2.45, 2.75) is 25.6 Å². The van der Waals surface area contributed by atoms with E-state index in [-0.39, 0.29) is 36.8 Å². The van der Waals surface area contributed by atoms with Gasteiger partial charge in [0.05, 0.1) is 23.7 Å². The van der Waals surface area contributed by atoms with Gasteiger partial charge in [-0.25, -0.2) is 13.2 Å². The Balaban J connectivity index is 1.51. The van der Waals surface area contributed by atoms with E-state index >= 15 is 0 Å². The molecule has 0 saturated heterocycles. The van der Waals surface area contributed by atoms with Gasteiger partial charge in [0.15, 0.2) is 0 Å². The number of hydrogen-bond acceptors (Lipinski definition) is 3. The van der Waals surface area contributed by atoms with Crippen LogP contribution in [0, 0.1) is 17.5 Å². The molecule has 1 atom stereocenters. The van der Waals surface area contributed by atoms with Crippen molar-refractivity contribution >= 4 is 11.8 Å². The van der Waals surface area contributed by atoms with Crippen molar-refractivity contribution in [3.8, 4) is 0 Å². The van der Waals surface area contributed by atoms with Crippen molar-refractivity contribution in [3.63, 3.8) is 0 Å². The summed E-state index contributed by atoms with van der Waals surface area (Å²) in [7, 11) is 0. The highest BCUT2D eigenvalue weighted by Gasteiger charge is 2.38. The van der Waals surface area contributed by atoms with Gasteiger partial charge in [0.25, 0.3) is 5.91 Å². The van der Waals surface area contributed by atoms with Gasteiger partial charge in [-0.15, -0.1) is 0 Å². The minimum atomic E-state index is -0.633. The molecule has 0 fully saturated rings. The first-order valence-corrected chi connectivity index (χ1v) is 9.63. The van der Waals surface area contributed by atoms with Crippen LogP contribution in [0.2, 0.25) is 0 Å². The molecule has 0 aliphatic carbocycles. The molecule has 31 heavy (non-hydrogen) atoms. The highest BCUT2D eigenvalue weighted by Crippen LogP contribution is 2.35. The molecular weight excluding hydrogens is 407 g/mol. The second-order valence-electron chi connectivity index (χ2n) is 7.23. The third-order valence-corrected chi connectivity index (χ3v) is 5.15. The smallest absolute Gasteiger partial charge is 0.256 e. The summed E-state index contributed by atoms with van der Waals surface area (Å²) in [6.07, 6.45) is 1.44. The molecule has 0 bridgehead atoms. The molecule has 2 heterocycles. The highest BCUT2D eigenvalue weighted by atomic mass is 19.1. The Labute approximate surface area is 176 Å². The van der Waals surface area contributed by atoms with Gasteiger partial charge >= 0.3 is 0 Å². The number of hydrogen-bond donors (Lipinski definition) is 1. The molecule has 1 aromatic heterocycles. The van der Waals surface area contributed by atoms with Crippen molar-refractivity contribution in [1.82, 2.24) is 15.2 Å². The van der Waals surface area contributed by atoms with Gasteiger partial charge in [-0.05, 0) is 48.0 Å². The number of amides is 2. The largest absolute Gasteiger partial charge is 0.352 e. The van der Waals surface area contributed by atoms with Crippen LogP contribution >= 0.6 is 0 Å². The summed E-state index contributed by atoms with van der Waals surface area (Å²) in [6, 6.07) is 11.4. The number of carbonyl (C=O) groups excluding carboxylic acids is 2. The first kappa shape index (κ1) is 20.6. The van der Waals surface area contributed by atoms with Gasteiger partial charge in [-0.3, -0.25) is 14.6 Å². The normalized spacial score (nSPS) is 15.1. The second-order valence-corrected chi connectivity index (χ2v) is 7.23. The Morgan fingerprint density at radius 2 is 1.77 bits per heavy atom. The molecule has 0 spiro atoms. The Bertz CT molecular complexity index is 1140. The molecule has 0 unspecified atom stereocenters. The monoisotopic (exact) mass is 425 g/mol. The zero-order valence-corrected chi connectivity index (χ0v) is 16.3. The summed E-state index contributed by atoms with van der Waals surface area (Å²) in [5.41, 5.74) is 1.60. The lowest BCUT2D eigenvalue weighted by Crippen LogP contribution is -2.32. The number of halogens is 3. The number of benzene rings is 2. The van der Waals surface area contributed by atoms with E-state index in [1.165, 1.54) is 17.0 Å². The van der Waals surface area contributed by atoms with Gasteiger partial charge in [-0.1, -0.05) is 12.1 Å². The molecule has 5 nitrogen and oxygen atoms in total. The van der Waals surface area contributed by atoms with Crippen LogP contribution in [0.4, 0.5) is 13.2 Å². The zero-order valence-electron chi connectivity index (χ0n) is 16.3. The maximum Gasteiger partial charge on any atom is 0.256 e. The van der Waals surface area contributed by atoms with Gasteiger partial charge in [-0.2, -0.15) is 0 Å². The van der Waals surface area contributed by atoms with Crippen LogP contribution in [0.15, 0.2) is 60.8 Å². The first-order chi connectivity index (χ1) is 14.9. The molecule has 2 aromatic carbocycles. The standard InChI is InChI=1S/C23H18F3N3O2/c24-16-5-3-14(4-6-16)13-29-20(22-18(23(29)31)2-1-9-27-22)11-21(30)28-12-15-10-17(25)7-8-19(15)26/h1-10,20H,11-13H2,(H,28,30)/t20-/m1/s1. The van der Waals surface area contributed by atoms with Crippen LogP contribution in [-0.4, -0.2) is 21.7 Å². The topological polar surface area (TPSA) is 62.3 Å². The fourth-order valence-electron chi connectivity index (χ4n) is 3.60. The average molecular weight is 425 g/mol. The number of aromatic nitrogens is 1. The highest BCUT2D eigenvalue weighted by molar-refractivity contribution is 5.99. The summed E-state index contributed by atoms with van der Waals surface area (Å²) < 4.78 is 40.4. The summed E-state index contributed by atoms with van der Waals surface area (Å²) in [4.78, 5) is 31.3. The molecule has 1 N–H and O–H groups in total. The SMILES string of the molecule is O=C(C[C@@H]1c2ncccc2C(=O)N1Cc1ccc(F)cc1)NCc1cc(F)ccc1F. The van der Waals surface area contributed by atoms with Gasteiger partial charge < -0.3 is 10.2 Å². The van der Waals surface area contributed by atoms with Gasteiger partial charge in [0.2, 0.25) is 5.91 Å². The van der Waals surface area contributed by atoms with Crippen LogP contribution in [0.25, 0.3) is 0 Å². The van der Waals surface area contributed by atoms with E-state index in [9.17, 15) is 22.8 Å². The molecule has 0 saturated carbocycles. The van der Waals surface area contributed by atoms with E-state index in [2.05, 4.69) is 10.3 Å². The lowest BCUT2D eigenvalue weighted by atomic mass is 10.1. The Morgan fingerprint density at radius 1 is 1.03 bits per heavy atom. The quantitative estimate of drug-likeness (QED) is 0.652. The summed E-state index contributed by atoms with van der Waals surface area (Å²) in [6.45, 7) is -0.0118. The number of rotatable bonds is 6. The van der Waals surface area contributed by atoms with Crippen LogP contribution in [-0.2, 0) is 17.9 Å². The first-order valence-electron chi connectivity index (χ1n) is 9.63. The van der Waals surface area contributed by atoms with Crippen LogP contribution in [0.1, 0.15) is 39.6 Å². The number of nitrogens with zero attached hydrogens (tertiary/aromatic N) is 2. The molecule has 3 aromatic rings. The van der Waals surface area contributed by atoms with E-state index in [0.29, 0.717) is 16.8 Å².